The number of rotatable bonds is 2. The summed E-state index contributed by atoms with van der Waals surface area (Å²) >= 11 is 0. The Bertz CT molecular complexity index is 598. The van der Waals surface area contributed by atoms with E-state index in [9.17, 15) is 14.9 Å². The standard InChI is InChI=1S/C17H22N2O3/c1-12-8-9-14(11-16(12)19(21)22)17(20)18-10-4-6-13-5-2-3-7-15(13)18/h8-9,11,13,15H,2-7,10H2,1H3. The summed E-state index contributed by atoms with van der Waals surface area (Å²) < 4.78 is 0. The summed E-state index contributed by atoms with van der Waals surface area (Å²) in [5.41, 5.74) is 1.07. The van der Waals surface area contributed by atoms with Gasteiger partial charge in [-0.05, 0) is 44.6 Å². The van der Waals surface area contributed by atoms with Gasteiger partial charge < -0.3 is 4.90 Å². The molecule has 3 rings (SSSR count). The molecule has 5 nitrogen and oxygen atoms in total. The SMILES string of the molecule is Cc1ccc(C(=O)N2CCCC3CCCCC32)cc1[N+](=O)[O-]. The van der Waals surface area contributed by atoms with Gasteiger partial charge in [0.15, 0.2) is 0 Å². The fourth-order valence-electron chi connectivity index (χ4n) is 3.98. The summed E-state index contributed by atoms with van der Waals surface area (Å²) in [6, 6.07) is 5.16. The van der Waals surface area contributed by atoms with Gasteiger partial charge in [-0.1, -0.05) is 18.9 Å². The molecule has 5 heteroatoms. The topological polar surface area (TPSA) is 63.5 Å². The van der Waals surface area contributed by atoms with E-state index in [0.29, 0.717) is 23.1 Å². The minimum atomic E-state index is -0.411. The highest BCUT2D eigenvalue weighted by Crippen LogP contribution is 2.36. The van der Waals surface area contributed by atoms with E-state index < -0.39 is 4.92 Å². The van der Waals surface area contributed by atoms with Crippen molar-refractivity contribution in [1.29, 1.82) is 0 Å². The zero-order chi connectivity index (χ0) is 15.7. The normalized spacial score (nSPS) is 24.7. The van der Waals surface area contributed by atoms with E-state index in [0.717, 1.165) is 19.4 Å². The number of likely N-dealkylation sites (tertiary alicyclic amines) is 1. The molecule has 1 heterocycles. The molecule has 1 aliphatic carbocycles. The lowest BCUT2D eigenvalue weighted by Crippen LogP contribution is -2.49. The second-order valence-corrected chi connectivity index (χ2v) is 6.51. The largest absolute Gasteiger partial charge is 0.335 e. The van der Waals surface area contributed by atoms with Crippen LogP contribution in [0.5, 0.6) is 0 Å². The molecule has 0 radical (unpaired) electrons. The Morgan fingerprint density at radius 3 is 2.73 bits per heavy atom. The third-order valence-corrected chi connectivity index (χ3v) is 5.16. The average Bonchev–Trinajstić information content (AvgIpc) is 2.54. The highest BCUT2D eigenvalue weighted by atomic mass is 16.6. The summed E-state index contributed by atoms with van der Waals surface area (Å²) in [6.45, 7) is 2.48. The molecule has 1 amide bonds. The molecule has 1 saturated carbocycles. The van der Waals surface area contributed by atoms with Gasteiger partial charge in [0.05, 0.1) is 4.92 Å². The minimum absolute atomic E-state index is 0.0306. The van der Waals surface area contributed by atoms with E-state index in [-0.39, 0.29) is 11.6 Å². The number of nitrogens with zero attached hydrogens (tertiary/aromatic N) is 2. The van der Waals surface area contributed by atoms with E-state index in [4.69, 9.17) is 0 Å². The molecule has 1 saturated heterocycles. The van der Waals surface area contributed by atoms with E-state index in [1.807, 2.05) is 4.90 Å². The number of hydrogen-bond donors (Lipinski definition) is 0. The molecule has 1 aliphatic heterocycles. The molecule has 118 valence electrons. The van der Waals surface area contributed by atoms with Crippen LogP contribution >= 0.6 is 0 Å². The second kappa shape index (κ2) is 6.07. The second-order valence-electron chi connectivity index (χ2n) is 6.51. The molecule has 22 heavy (non-hydrogen) atoms. The van der Waals surface area contributed by atoms with Crippen LogP contribution < -0.4 is 0 Å². The van der Waals surface area contributed by atoms with Crippen LogP contribution in [0.1, 0.15) is 54.4 Å². The Balaban J connectivity index is 1.86. The lowest BCUT2D eigenvalue weighted by Gasteiger charge is -2.44. The van der Waals surface area contributed by atoms with Crippen molar-refractivity contribution in [3.05, 3.63) is 39.4 Å². The van der Waals surface area contributed by atoms with Crippen molar-refractivity contribution in [3.8, 4) is 0 Å². The van der Waals surface area contributed by atoms with Crippen LogP contribution in [0.3, 0.4) is 0 Å². The van der Waals surface area contributed by atoms with Crippen LogP contribution in [0.4, 0.5) is 5.69 Å². The van der Waals surface area contributed by atoms with Crippen LogP contribution in [0.2, 0.25) is 0 Å². The Labute approximate surface area is 130 Å². The molecule has 0 spiro atoms. The van der Waals surface area contributed by atoms with Crippen LogP contribution in [0.25, 0.3) is 0 Å². The van der Waals surface area contributed by atoms with Gasteiger partial charge in [0.1, 0.15) is 0 Å². The molecular weight excluding hydrogens is 280 g/mol. The van der Waals surface area contributed by atoms with Crippen molar-refractivity contribution in [2.45, 2.75) is 51.5 Å². The monoisotopic (exact) mass is 302 g/mol. The zero-order valence-corrected chi connectivity index (χ0v) is 13.0. The molecule has 0 N–H and O–H groups in total. The quantitative estimate of drug-likeness (QED) is 0.618. The van der Waals surface area contributed by atoms with Gasteiger partial charge in [-0.2, -0.15) is 0 Å². The predicted octanol–water partition coefficient (Wildman–Crippen LogP) is 3.70. The van der Waals surface area contributed by atoms with Crippen LogP contribution in [-0.2, 0) is 0 Å². The van der Waals surface area contributed by atoms with Crippen molar-refractivity contribution < 1.29 is 9.72 Å². The van der Waals surface area contributed by atoms with E-state index in [1.54, 1.807) is 19.1 Å². The van der Waals surface area contributed by atoms with E-state index >= 15 is 0 Å². The van der Waals surface area contributed by atoms with Gasteiger partial charge in [0.2, 0.25) is 0 Å². The third-order valence-electron chi connectivity index (χ3n) is 5.16. The first-order valence-corrected chi connectivity index (χ1v) is 8.14. The summed E-state index contributed by atoms with van der Waals surface area (Å²) in [6.07, 6.45) is 6.98. The molecule has 2 aliphatic rings. The van der Waals surface area contributed by atoms with Crippen molar-refractivity contribution in [2.24, 2.45) is 5.92 Å². The number of hydrogen-bond acceptors (Lipinski definition) is 3. The Hall–Kier alpha value is -1.91. The number of nitro benzene ring substituents is 1. The molecular formula is C17H22N2O3. The minimum Gasteiger partial charge on any atom is -0.335 e. The first kappa shape index (κ1) is 15.0. The smallest absolute Gasteiger partial charge is 0.273 e. The van der Waals surface area contributed by atoms with Crippen LogP contribution in [0.15, 0.2) is 18.2 Å². The lowest BCUT2D eigenvalue weighted by atomic mass is 9.78. The Kier molecular flexibility index (Phi) is 4.14. The maximum Gasteiger partial charge on any atom is 0.273 e. The number of piperidine rings is 1. The maximum absolute atomic E-state index is 12.8. The van der Waals surface area contributed by atoms with Gasteiger partial charge in [0, 0.05) is 29.8 Å². The molecule has 2 unspecified atom stereocenters. The number of nitro groups is 1. The molecule has 1 aromatic carbocycles. The van der Waals surface area contributed by atoms with Crippen molar-refractivity contribution in [3.63, 3.8) is 0 Å². The van der Waals surface area contributed by atoms with E-state index in [2.05, 4.69) is 0 Å². The molecule has 2 fully saturated rings. The lowest BCUT2D eigenvalue weighted by molar-refractivity contribution is -0.385. The first-order valence-electron chi connectivity index (χ1n) is 8.14. The average molecular weight is 302 g/mol. The maximum atomic E-state index is 12.8. The Morgan fingerprint density at radius 2 is 1.95 bits per heavy atom. The first-order chi connectivity index (χ1) is 10.6. The van der Waals surface area contributed by atoms with Gasteiger partial charge in [0.25, 0.3) is 11.6 Å². The molecule has 2 atom stereocenters. The summed E-state index contributed by atoms with van der Waals surface area (Å²) in [5.74, 6) is 0.576. The van der Waals surface area contributed by atoms with Crippen LogP contribution in [-0.4, -0.2) is 28.3 Å². The zero-order valence-electron chi connectivity index (χ0n) is 13.0. The number of benzene rings is 1. The number of amides is 1. The summed E-state index contributed by atoms with van der Waals surface area (Å²) in [7, 11) is 0. The molecule has 0 bridgehead atoms. The van der Waals surface area contributed by atoms with Gasteiger partial charge in [-0.15, -0.1) is 0 Å². The summed E-state index contributed by atoms with van der Waals surface area (Å²) in [5, 5.41) is 11.1. The fraction of sp³-hybridized carbons (Fsp3) is 0.588. The van der Waals surface area contributed by atoms with Crippen molar-refractivity contribution in [2.75, 3.05) is 6.54 Å². The Morgan fingerprint density at radius 1 is 1.23 bits per heavy atom. The number of carbonyl (C=O) groups is 1. The third kappa shape index (κ3) is 2.72. The number of carbonyl (C=O) groups excluding carboxylic acids is 1. The summed E-state index contributed by atoms with van der Waals surface area (Å²) in [4.78, 5) is 25.5. The van der Waals surface area contributed by atoms with Crippen LogP contribution in [0, 0.1) is 23.0 Å². The van der Waals surface area contributed by atoms with Gasteiger partial charge in [-0.3, -0.25) is 14.9 Å². The highest BCUT2D eigenvalue weighted by molar-refractivity contribution is 5.95. The predicted molar refractivity (Wildman–Crippen MR) is 83.8 cm³/mol. The van der Waals surface area contributed by atoms with Gasteiger partial charge >= 0.3 is 0 Å². The molecule has 1 aromatic rings. The van der Waals surface area contributed by atoms with Gasteiger partial charge in [-0.25, -0.2) is 0 Å². The van der Waals surface area contributed by atoms with E-state index in [1.165, 1.54) is 31.7 Å². The molecule has 0 aromatic heterocycles. The van der Waals surface area contributed by atoms with Crippen molar-refractivity contribution in [1.82, 2.24) is 4.90 Å². The highest BCUT2D eigenvalue weighted by Gasteiger charge is 2.36. The fourth-order valence-corrected chi connectivity index (χ4v) is 3.98. The van der Waals surface area contributed by atoms with Crippen molar-refractivity contribution >= 4 is 11.6 Å². The number of aryl methyl sites for hydroxylation is 1. The number of fused-ring (bicyclic) bond motifs is 1.